The molecule has 0 unspecified atom stereocenters. The van der Waals surface area contributed by atoms with Gasteiger partial charge in [0, 0.05) is 6.08 Å². The van der Waals surface area contributed by atoms with Gasteiger partial charge in [0.05, 0.1) is 10.7 Å². The van der Waals surface area contributed by atoms with E-state index < -0.39 is 5.97 Å². The Morgan fingerprint density at radius 2 is 2.22 bits per heavy atom. The fourth-order valence-electron chi connectivity index (χ4n) is 1.98. The number of nitrogen functional groups attached to an aromatic ring is 1. The first-order chi connectivity index (χ1) is 8.39. The summed E-state index contributed by atoms with van der Waals surface area (Å²) in [5, 5.41) is 9.44. The Labute approximate surface area is 111 Å². The number of benzene rings is 1. The highest BCUT2D eigenvalue weighted by Crippen LogP contribution is 2.51. The minimum Gasteiger partial charge on any atom is -0.478 e. The lowest BCUT2D eigenvalue weighted by Gasteiger charge is -2.13. The van der Waals surface area contributed by atoms with Crippen LogP contribution in [0, 0.1) is 5.41 Å². The molecule has 1 aliphatic carbocycles. The number of carbonyl (C=O) groups is 1. The highest BCUT2D eigenvalue weighted by molar-refractivity contribution is 6.33. The van der Waals surface area contributed by atoms with Crippen LogP contribution in [0.3, 0.4) is 0 Å². The Balaban J connectivity index is 2.33. The quantitative estimate of drug-likeness (QED) is 0.646. The van der Waals surface area contributed by atoms with Gasteiger partial charge in [0.15, 0.2) is 0 Å². The maximum Gasteiger partial charge on any atom is 0.328 e. The number of carboxylic acids is 1. The summed E-state index contributed by atoms with van der Waals surface area (Å²) < 4.78 is 0. The largest absolute Gasteiger partial charge is 0.478 e. The van der Waals surface area contributed by atoms with Gasteiger partial charge in [-0.1, -0.05) is 24.6 Å². The second-order valence-corrected chi connectivity index (χ2v) is 5.64. The molecule has 0 aliphatic heterocycles. The Morgan fingerprint density at radius 1 is 1.56 bits per heavy atom. The van der Waals surface area contributed by atoms with Crippen molar-refractivity contribution in [2.24, 2.45) is 5.41 Å². The minimum atomic E-state index is -0.928. The Bertz CT molecular complexity index is 519. The number of nitrogens with two attached hydrogens (primary N) is 1. The molecule has 18 heavy (non-hydrogen) atoms. The van der Waals surface area contributed by atoms with Gasteiger partial charge in [0.2, 0.25) is 0 Å². The number of anilines is 1. The SMILES string of the molecule is CC1(C/C(=C/C(=O)O)c2ccc(Cl)c(N)c2)CC1. The molecule has 1 fully saturated rings. The van der Waals surface area contributed by atoms with Crippen molar-refractivity contribution in [3.8, 4) is 0 Å². The van der Waals surface area contributed by atoms with Gasteiger partial charge in [-0.3, -0.25) is 0 Å². The van der Waals surface area contributed by atoms with Gasteiger partial charge in [-0.15, -0.1) is 0 Å². The van der Waals surface area contributed by atoms with Gasteiger partial charge in [-0.2, -0.15) is 0 Å². The van der Waals surface area contributed by atoms with Crippen LogP contribution in [-0.4, -0.2) is 11.1 Å². The summed E-state index contributed by atoms with van der Waals surface area (Å²) in [6.07, 6.45) is 4.33. The summed E-state index contributed by atoms with van der Waals surface area (Å²) >= 11 is 5.88. The van der Waals surface area contributed by atoms with E-state index in [4.69, 9.17) is 22.4 Å². The fraction of sp³-hybridized carbons (Fsp3) is 0.357. The highest BCUT2D eigenvalue weighted by atomic mass is 35.5. The number of halogens is 1. The van der Waals surface area contributed by atoms with Crippen LogP contribution in [0.4, 0.5) is 5.69 Å². The van der Waals surface area contributed by atoms with Gasteiger partial charge in [-0.25, -0.2) is 4.79 Å². The van der Waals surface area contributed by atoms with Gasteiger partial charge < -0.3 is 10.8 Å². The molecule has 1 aromatic rings. The van der Waals surface area contributed by atoms with E-state index in [2.05, 4.69) is 6.92 Å². The first-order valence-electron chi connectivity index (χ1n) is 5.88. The predicted octanol–water partition coefficient (Wildman–Crippen LogP) is 3.58. The molecule has 0 radical (unpaired) electrons. The lowest BCUT2D eigenvalue weighted by atomic mass is 9.93. The van der Waals surface area contributed by atoms with Crippen LogP contribution in [0.5, 0.6) is 0 Å². The van der Waals surface area contributed by atoms with Gasteiger partial charge >= 0.3 is 5.97 Å². The monoisotopic (exact) mass is 265 g/mol. The number of rotatable bonds is 4. The first kappa shape index (κ1) is 13.0. The maximum atomic E-state index is 10.9. The van der Waals surface area contributed by atoms with Gasteiger partial charge in [0.25, 0.3) is 0 Å². The number of carboxylic acid groups (broad SMARTS) is 1. The molecule has 1 aromatic carbocycles. The number of hydrogen-bond acceptors (Lipinski definition) is 2. The standard InChI is InChI=1S/C14H16ClNO2/c1-14(4-5-14)8-10(7-13(17)18)9-2-3-11(15)12(16)6-9/h2-3,6-7H,4-5,8,16H2,1H3,(H,17,18)/b10-7-. The second kappa shape index (κ2) is 4.65. The average molecular weight is 266 g/mol. The van der Waals surface area contributed by atoms with Crippen molar-refractivity contribution in [3.05, 3.63) is 34.9 Å². The molecule has 0 amide bonds. The lowest BCUT2D eigenvalue weighted by molar-refractivity contribution is -0.131. The Hall–Kier alpha value is -1.48. The molecule has 96 valence electrons. The van der Waals surface area contributed by atoms with Crippen LogP contribution >= 0.6 is 11.6 Å². The van der Waals surface area contributed by atoms with Crippen molar-refractivity contribution in [1.82, 2.24) is 0 Å². The van der Waals surface area contributed by atoms with Crippen LogP contribution in [0.2, 0.25) is 5.02 Å². The van der Waals surface area contributed by atoms with E-state index in [-0.39, 0.29) is 5.41 Å². The van der Waals surface area contributed by atoms with E-state index in [1.807, 2.05) is 6.07 Å². The van der Waals surface area contributed by atoms with Crippen molar-refractivity contribution in [2.75, 3.05) is 5.73 Å². The highest BCUT2D eigenvalue weighted by Gasteiger charge is 2.38. The number of hydrogen-bond donors (Lipinski definition) is 2. The molecule has 1 aliphatic rings. The van der Waals surface area contributed by atoms with E-state index >= 15 is 0 Å². The fourth-order valence-corrected chi connectivity index (χ4v) is 2.10. The molecule has 0 bridgehead atoms. The van der Waals surface area contributed by atoms with Gasteiger partial charge in [0.1, 0.15) is 0 Å². The molecule has 3 nitrogen and oxygen atoms in total. The van der Waals surface area contributed by atoms with E-state index in [1.165, 1.54) is 6.08 Å². The first-order valence-corrected chi connectivity index (χ1v) is 6.26. The zero-order chi connectivity index (χ0) is 13.3. The Kier molecular flexibility index (Phi) is 3.35. The maximum absolute atomic E-state index is 10.9. The van der Waals surface area contributed by atoms with E-state index in [9.17, 15) is 4.79 Å². The Morgan fingerprint density at radius 3 is 2.72 bits per heavy atom. The summed E-state index contributed by atoms with van der Waals surface area (Å²) in [4.78, 5) is 10.9. The molecule has 0 spiro atoms. The molecule has 0 heterocycles. The van der Waals surface area contributed by atoms with Crippen molar-refractivity contribution >= 4 is 28.8 Å². The van der Waals surface area contributed by atoms with Crippen molar-refractivity contribution in [1.29, 1.82) is 0 Å². The van der Waals surface area contributed by atoms with Crippen LogP contribution in [-0.2, 0) is 4.79 Å². The van der Waals surface area contributed by atoms with Crippen molar-refractivity contribution in [2.45, 2.75) is 26.2 Å². The lowest BCUT2D eigenvalue weighted by Crippen LogP contribution is -2.00. The van der Waals surface area contributed by atoms with E-state index in [0.717, 1.165) is 30.4 Å². The summed E-state index contributed by atoms with van der Waals surface area (Å²) in [6, 6.07) is 5.26. The predicted molar refractivity (Wildman–Crippen MR) is 73.4 cm³/mol. The van der Waals surface area contributed by atoms with Crippen molar-refractivity contribution < 1.29 is 9.90 Å². The zero-order valence-corrected chi connectivity index (χ0v) is 11.0. The third-order valence-corrected chi connectivity index (χ3v) is 3.73. The third-order valence-electron chi connectivity index (χ3n) is 3.39. The van der Waals surface area contributed by atoms with Crippen LogP contribution in [0.1, 0.15) is 31.7 Å². The smallest absolute Gasteiger partial charge is 0.328 e. The normalized spacial score (nSPS) is 17.6. The third kappa shape index (κ3) is 3.05. The summed E-state index contributed by atoms with van der Waals surface area (Å²) in [6.45, 7) is 2.17. The number of allylic oxidation sites excluding steroid dienone is 1. The molecule has 0 saturated heterocycles. The molecular weight excluding hydrogens is 250 g/mol. The summed E-state index contributed by atoms with van der Waals surface area (Å²) in [5.74, 6) is -0.928. The van der Waals surface area contributed by atoms with Crippen LogP contribution in [0.15, 0.2) is 24.3 Å². The van der Waals surface area contributed by atoms with Crippen LogP contribution in [0.25, 0.3) is 5.57 Å². The zero-order valence-electron chi connectivity index (χ0n) is 10.2. The molecular formula is C14H16ClNO2. The molecule has 0 atom stereocenters. The molecule has 4 heteroatoms. The van der Waals surface area contributed by atoms with Gasteiger partial charge in [-0.05, 0) is 47.9 Å². The van der Waals surface area contributed by atoms with E-state index in [0.29, 0.717) is 10.7 Å². The van der Waals surface area contributed by atoms with Crippen LogP contribution < -0.4 is 5.73 Å². The van der Waals surface area contributed by atoms with E-state index in [1.54, 1.807) is 12.1 Å². The molecule has 2 rings (SSSR count). The van der Waals surface area contributed by atoms with Crippen molar-refractivity contribution in [3.63, 3.8) is 0 Å². The topological polar surface area (TPSA) is 63.3 Å². The molecule has 1 saturated carbocycles. The second-order valence-electron chi connectivity index (χ2n) is 5.23. The summed E-state index contributed by atoms with van der Waals surface area (Å²) in [7, 11) is 0. The molecule has 3 N–H and O–H groups in total. The average Bonchev–Trinajstić information content (AvgIpc) is 2.99. The number of aliphatic carboxylic acids is 1. The minimum absolute atomic E-state index is 0.246. The summed E-state index contributed by atoms with van der Waals surface area (Å²) in [5.41, 5.74) is 8.14. The molecule has 0 aromatic heterocycles.